The molecule has 0 aromatic carbocycles. The number of pyridine rings is 1. The van der Waals surface area contributed by atoms with Crippen LogP contribution in [0, 0.1) is 5.92 Å². The molecule has 114 valence electrons. The van der Waals surface area contributed by atoms with E-state index in [-0.39, 0.29) is 6.10 Å². The number of nitrogens with zero attached hydrogens (tertiary/aromatic N) is 1. The first-order chi connectivity index (χ1) is 9.59. The van der Waals surface area contributed by atoms with Crippen LogP contribution in [0.25, 0.3) is 0 Å². The average Bonchev–Trinajstić information content (AvgIpc) is 2.38. The van der Waals surface area contributed by atoms with Gasteiger partial charge in [-0.3, -0.25) is 0 Å². The van der Waals surface area contributed by atoms with E-state index in [0.29, 0.717) is 0 Å². The molecule has 1 N–H and O–H groups in total. The molecule has 0 spiro atoms. The maximum absolute atomic E-state index is 5.74. The molecule has 0 aliphatic carbocycles. The van der Waals surface area contributed by atoms with Gasteiger partial charge in [0.15, 0.2) is 11.6 Å². The minimum absolute atomic E-state index is 0.177. The van der Waals surface area contributed by atoms with E-state index in [1.54, 1.807) is 6.20 Å². The minimum Gasteiger partial charge on any atom is -0.487 e. The molecule has 1 heterocycles. The summed E-state index contributed by atoms with van der Waals surface area (Å²) < 4.78 is 5.74. The second-order valence-electron chi connectivity index (χ2n) is 6.04. The number of anilines is 1. The summed E-state index contributed by atoms with van der Waals surface area (Å²) in [5.41, 5.74) is 0. The van der Waals surface area contributed by atoms with Gasteiger partial charge in [-0.15, -0.1) is 0 Å². The highest BCUT2D eigenvalue weighted by Crippen LogP contribution is 2.22. The van der Waals surface area contributed by atoms with Gasteiger partial charge >= 0.3 is 0 Å². The largest absolute Gasteiger partial charge is 0.487 e. The number of nitrogens with one attached hydrogen (secondary N) is 1. The van der Waals surface area contributed by atoms with Crippen LogP contribution in [0.3, 0.4) is 0 Å². The molecule has 0 amide bonds. The standard InChI is InChI=1S/C17H30N2O/c1-14(2)10-7-5-6-8-12-18-17-16(20-15(3)4)11-9-13-19-17/h9,11,13-15H,5-8,10,12H2,1-4H3,(H,18,19). The Kier molecular flexibility index (Phi) is 8.08. The summed E-state index contributed by atoms with van der Waals surface area (Å²) in [5, 5.41) is 3.38. The van der Waals surface area contributed by atoms with Crippen molar-refractivity contribution in [1.29, 1.82) is 0 Å². The lowest BCUT2D eigenvalue weighted by Gasteiger charge is -2.14. The van der Waals surface area contributed by atoms with Gasteiger partial charge in [0, 0.05) is 12.7 Å². The Morgan fingerprint density at radius 1 is 1.10 bits per heavy atom. The summed E-state index contributed by atoms with van der Waals surface area (Å²) in [7, 11) is 0. The number of unbranched alkanes of at least 4 members (excludes halogenated alkanes) is 3. The molecular formula is C17H30N2O. The molecule has 0 unspecified atom stereocenters. The highest BCUT2D eigenvalue weighted by atomic mass is 16.5. The van der Waals surface area contributed by atoms with Crippen molar-refractivity contribution >= 4 is 5.82 Å². The van der Waals surface area contributed by atoms with Gasteiger partial charge in [0.1, 0.15) is 0 Å². The smallest absolute Gasteiger partial charge is 0.168 e. The second kappa shape index (κ2) is 9.62. The Hall–Kier alpha value is -1.25. The molecule has 1 rings (SSSR count). The van der Waals surface area contributed by atoms with E-state index >= 15 is 0 Å². The summed E-state index contributed by atoms with van der Waals surface area (Å²) in [6, 6.07) is 3.88. The number of hydrogen-bond donors (Lipinski definition) is 1. The zero-order valence-corrected chi connectivity index (χ0v) is 13.5. The SMILES string of the molecule is CC(C)CCCCCCNc1ncccc1OC(C)C. The molecule has 0 bridgehead atoms. The molecule has 1 aromatic rings. The maximum Gasteiger partial charge on any atom is 0.168 e. The summed E-state index contributed by atoms with van der Waals surface area (Å²) >= 11 is 0. The van der Waals surface area contributed by atoms with Crippen LogP contribution < -0.4 is 10.1 Å². The molecule has 0 aliphatic heterocycles. The van der Waals surface area contributed by atoms with Crippen LogP contribution >= 0.6 is 0 Å². The zero-order chi connectivity index (χ0) is 14.8. The highest BCUT2D eigenvalue weighted by molar-refractivity contribution is 5.49. The van der Waals surface area contributed by atoms with Crippen molar-refractivity contribution in [3.05, 3.63) is 18.3 Å². The van der Waals surface area contributed by atoms with E-state index in [2.05, 4.69) is 24.1 Å². The average molecular weight is 278 g/mol. The molecule has 0 saturated carbocycles. The van der Waals surface area contributed by atoms with Crippen LogP contribution in [0.1, 0.15) is 59.8 Å². The number of rotatable bonds is 10. The van der Waals surface area contributed by atoms with Gasteiger partial charge in [0.05, 0.1) is 6.10 Å². The van der Waals surface area contributed by atoms with E-state index in [0.717, 1.165) is 24.0 Å². The fourth-order valence-corrected chi connectivity index (χ4v) is 2.11. The Balaban J connectivity index is 2.21. The number of ether oxygens (including phenoxy) is 1. The van der Waals surface area contributed by atoms with Gasteiger partial charge in [-0.05, 0) is 38.3 Å². The molecule has 0 fully saturated rings. The Morgan fingerprint density at radius 3 is 2.55 bits per heavy atom. The molecule has 0 radical (unpaired) electrons. The molecule has 1 aromatic heterocycles. The topological polar surface area (TPSA) is 34.2 Å². The van der Waals surface area contributed by atoms with Crippen molar-refractivity contribution in [3.63, 3.8) is 0 Å². The van der Waals surface area contributed by atoms with Crippen LogP contribution in [0.15, 0.2) is 18.3 Å². The lowest BCUT2D eigenvalue weighted by Crippen LogP contribution is -2.10. The molecule has 0 aliphatic rings. The van der Waals surface area contributed by atoms with Gasteiger partial charge in [-0.25, -0.2) is 4.98 Å². The predicted molar refractivity (Wildman–Crippen MR) is 86.4 cm³/mol. The quantitative estimate of drug-likeness (QED) is 0.619. The monoisotopic (exact) mass is 278 g/mol. The first-order valence-electron chi connectivity index (χ1n) is 7.95. The van der Waals surface area contributed by atoms with Crippen molar-refractivity contribution in [3.8, 4) is 5.75 Å². The van der Waals surface area contributed by atoms with E-state index in [1.165, 1.54) is 32.1 Å². The van der Waals surface area contributed by atoms with Crippen LogP contribution in [0.5, 0.6) is 5.75 Å². The summed E-state index contributed by atoms with van der Waals surface area (Å²) in [6.07, 6.45) is 8.48. The molecule has 0 atom stereocenters. The second-order valence-corrected chi connectivity index (χ2v) is 6.04. The molecular weight excluding hydrogens is 248 g/mol. The Morgan fingerprint density at radius 2 is 1.85 bits per heavy atom. The van der Waals surface area contributed by atoms with Gasteiger partial charge in [0.2, 0.25) is 0 Å². The summed E-state index contributed by atoms with van der Waals surface area (Å²) in [5.74, 6) is 2.54. The molecule has 3 heteroatoms. The Labute approximate surface area is 124 Å². The highest BCUT2D eigenvalue weighted by Gasteiger charge is 2.05. The predicted octanol–water partition coefficient (Wildman–Crippen LogP) is 4.89. The number of hydrogen-bond acceptors (Lipinski definition) is 3. The van der Waals surface area contributed by atoms with Crippen LogP contribution in [0.4, 0.5) is 5.82 Å². The van der Waals surface area contributed by atoms with Crippen molar-refractivity contribution in [2.75, 3.05) is 11.9 Å². The molecule has 3 nitrogen and oxygen atoms in total. The maximum atomic E-state index is 5.74. The third kappa shape index (κ3) is 7.37. The summed E-state index contributed by atoms with van der Waals surface area (Å²) in [4.78, 5) is 4.35. The molecule has 20 heavy (non-hydrogen) atoms. The lowest BCUT2D eigenvalue weighted by molar-refractivity contribution is 0.243. The van der Waals surface area contributed by atoms with Crippen molar-refractivity contribution in [2.45, 2.75) is 65.9 Å². The Bertz CT molecular complexity index is 364. The van der Waals surface area contributed by atoms with Crippen molar-refractivity contribution < 1.29 is 4.74 Å². The van der Waals surface area contributed by atoms with Gasteiger partial charge < -0.3 is 10.1 Å². The van der Waals surface area contributed by atoms with Crippen molar-refractivity contribution in [2.24, 2.45) is 5.92 Å². The number of aromatic nitrogens is 1. The first-order valence-corrected chi connectivity index (χ1v) is 7.95. The van der Waals surface area contributed by atoms with Gasteiger partial charge in [-0.1, -0.05) is 39.5 Å². The fourth-order valence-electron chi connectivity index (χ4n) is 2.11. The lowest BCUT2D eigenvalue weighted by atomic mass is 10.0. The van der Waals surface area contributed by atoms with E-state index in [4.69, 9.17) is 4.74 Å². The van der Waals surface area contributed by atoms with Crippen LogP contribution in [-0.2, 0) is 0 Å². The van der Waals surface area contributed by atoms with Crippen LogP contribution in [-0.4, -0.2) is 17.6 Å². The van der Waals surface area contributed by atoms with Gasteiger partial charge in [-0.2, -0.15) is 0 Å². The third-order valence-corrected chi connectivity index (χ3v) is 3.13. The van der Waals surface area contributed by atoms with Crippen LogP contribution in [0.2, 0.25) is 0 Å². The van der Waals surface area contributed by atoms with E-state index < -0.39 is 0 Å². The van der Waals surface area contributed by atoms with E-state index in [9.17, 15) is 0 Å². The first kappa shape index (κ1) is 16.8. The molecule has 0 saturated heterocycles. The zero-order valence-electron chi connectivity index (χ0n) is 13.5. The third-order valence-electron chi connectivity index (χ3n) is 3.13. The normalized spacial score (nSPS) is 11.1. The van der Waals surface area contributed by atoms with Crippen molar-refractivity contribution in [1.82, 2.24) is 4.98 Å². The minimum atomic E-state index is 0.177. The van der Waals surface area contributed by atoms with Gasteiger partial charge in [0.25, 0.3) is 0 Å². The van der Waals surface area contributed by atoms with E-state index in [1.807, 2.05) is 26.0 Å². The fraction of sp³-hybridized carbons (Fsp3) is 0.706. The summed E-state index contributed by atoms with van der Waals surface area (Å²) in [6.45, 7) is 9.61.